The molecule has 2 aromatic rings. The van der Waals surface area contributed by atoms with Gasteiger partial charge in [0, 0.05) is 12.6 Å². The highest BCUT2D eigenvalue weighted by atomic mass is 16.6. The van der Waals surface area contributed by atoms with Crippen LogP contribution in [0.25, 0.3) is 0 Å². The van der Waals surface area contributed by atoms with Crippen LogP contribution < -0.4 is 10.1 Å². The zero-order chi connectivity index (χ0) is 20.5. The van der Waals surface area contributed by atoms with Crippen molar-refractivity contribution in [3.63, 3.8) is 0 Å². The van der Waals surface area contributed by atoms with Crippen LogP contribution in [0.4, 0.5) is 5.69 Å². The second kappa shape index (κ2) is 10.1. The number of nitrogens with one attached hydrogen (secondary N) is 1. The molecule has 0 bridgehead atoms. The van der Waals surface area contributed by atoms with Gasteiger partial charge >= 0.3 is 11.7 Å². The van der Waals surface area contributed by atoms with Crippen LogP contribution in [-0.2, 0) is 9.53 Å². The van der Waals surface area contributed by atoms with E-state index in [1.807, 2.05) is 37.3 Å². The normalized spacial score (nSPS) is 11.4. The molecule has 8 nitrogen and oxygen atoms in total. The average Bonchev–Trinajstić information content (AvgIpc) is 2.71. The van der Waals surface area contributed by atoms with Gasteiger partial charge in [0.1, 0.15) is 0 Å². The molecule has 28 heavy (non-hydrogen) atoms. The third-order valence-electron chi connectivity index (χ3n) is 4.00. The standard InChI is InChI=1S/C20H22N2O6/c1-3-27-18-10-9-16(11-17(18)22(25)26)20(24)28-13-19(23)21-12-14(2)15-7-5-4-6-8-15/h4-11,14H,3,12-13H2,1-2H3,(H,21,23)/t14-/m1/s1. The average molecular weight is 386 g/mol. The molecule has 8 heteroatoms. The van der Waals surface area contributed by atoms with Crippen molar-refractivity contribution in [3.8, 4) is 5.75 Å². The first kappa shape index (κ1) is 20.9. The van der Waals surface area contributed by atoms with Crippen molar-refractivity contribution in [3.05, 3.63) is 69.8 Å². The Kier molecular flexibility index (Phi) is 7.50. The number of hydrogen-bond donors (Lipinski definition) is 1. The highest BCUT2D eigenvalue weighted by Crippen LogP contribution is 2.28. The molecule has 0 heterocycles. The van der Waals surface area contributed by atoms with E-state index in [-0.39, 0.29) is 29.5 Å². The van der Waals surface area contributed by atoms with Crippen LogP contribution in [0.15, 0.2) is 48.5 Å². The van der Waals surface area contributed by atoms with Gasteiger partial charge in [-0.2, -0.15) is 0 Å². The molecule has 0 aromatic heterocycles. The van der Waals surface area contributed by atoms with Gasteiger partial charge in [0.15, 0.2) is 12.4 Å². The molecule has 0 radical (unpaired) electrons. The zero-order valence-corrected chi connectivity index (χ0v) is 15.7. The van der Waals surface area contributed by atoms with Crippen LogP contribution in [0.2, 0.25) is 0 Å². The molecule has 0 saturated heterocycles. The Morgan fingerprint density at radius 2 is 1.89 bits per heavy atom. The van der Waals surface area contributed by atoms with E-state index in [0.29, 0.717) is 6.54 Å². The van der Waals surface area contributed by atoms with E-state index in [9.17, 15) is 19.7 Å². The summed E-state index contributed by atoms with van der Waals surface area (Å²) in [5.74, 6) is -1.10. The van der Waals surface area contributed by atoms with Gasteiger partial charge in [-0.25, -0.2) is 4.79 Å². The van der Waals surface area contributed by atoms with E-state index in [1.54, 1.807) is 6.92 Å². The predicted octanol–water partition coefficient (Wildman–Crippen LogP) is 3.07. The first-order chi connectivity index (χ1) is 13.4. The fourth-order valence-electron chi connectivity index (χ4n) is 2.50. The molecular weight excluding hydrogens is 364 g/mol. The molecule has 0 aliphatic heterocycles. The van der Waals surface area contributed by atoms with Crippen LogP contribution >= 0.6 is 0 Å². The Balaban J connectivity index is 1.88. The SMILES string of the molecule is CCOc1ccc(C(=O)OCC(=O)NC[C@@H](C)c2ccccc2)cc1[N+](=O)[O-]. The Labute approximate surface area is 162 Å². The molecule has 0 spiro atoms. The molecule has 0 aliphatic rings. The topological polar surface area (TPSA) is 108 Å². The molecule has 148 valence electrons. The van der Waals surface area contributed by atoms with Crippen molar-refractivity contribution in [1.82, 2.24) is 5.32 Å². The van der Waals surface area contributed by atoms with Crippen molar-refractivity contribution in [2.75, 3.05) is 19.8 Å². The second-order valence-corrected chi connectivity index (χ2v) is 6.06. The highest BCUT2D eigenvalue weighted by Gasteiger charge is 2.20. The first-order valence-electron chi connectivity index (χ1n) is 8.82. The fraction of sp³-hybridized carbons (Fsp3) is 0.300. The van der Waals surface area contributed by atoms with Gasteiger partial charge in [-0.3, -0.25) is 14.9 Å². The molecule has 0 unspecified atom stereocenters. The number of nitro groups is 1. The predicted molar refractivity (Wildman–Crippen MR) is 102 cm³/mol. The molecular formula is C20H22N2O6. The zero-order valence-electron chi connectivity index (χ0n) is 15.7. The van der Waals surface area contributed by atoms with Crippen LogP contribution in [0.3, 0.4) is 0 Å². The minimum atomic E-state index is -0.822. The quantitative estimate of drug-likeness (QED) is 0.403. The van der Waals surface area contributed by atoms with Crippen molar-refractivity contribution < 1.29 is 24.0 Å². The summed E-state index contributed by atoms with van der Waals surface area (Å²) in [6.45, 7) is 3.85. The molecule has 0 fully saturated rings. The number of benzene rings is 2. The third-order valence-corrected chi connectivity index (χ3v) is 4.00. The van der Waals surface area contributed by atoms with E-state index in [1.165, 1.54) is 12.1 Å². The number of nitrogens with zero attached hydrogens (tertiary/aromatic N) is 1. The molecule has 2 rings (SSSR count). The lowest BCUT2D eigenvalue weighted by Gasteiger charge is -2.13. The lowest BCUT2D eigenvalue weighted by molar-refractivity contribution is -0.385. The summed E-state index contributed by atoms with van der Waals surface area (Å²) in [4.78, 5) is 34.5. The Morgan fingerprint density at radius 1 is 1.18 bits per heavy atom. The Morgan fingerprint density at radius 3 is 2.54 bits per heavy atom. The number of carbonyl (C=O) groups is 2. The smallest absolute Gasteiger partial charge is 0.338 e. The van der Waals surface area contributed by atoms with Crippen molar-refractivity contribution >= 4 is 17.6 Å². The van der Waals surface area contributed by atoms with E-state index in [0.717, 1.165) is 11.6 Å². The van der Waals surface area contributed by atoms with Gasteiger partial charge < -0.3 is 14.8 Å². The van der Waals surface area contributed by atoms with Gasteiger partial charge in [0.25, 0.3) is 5.91 Å². The molecule has 1 N–H and O–H groups in total. The first-order valence-corrected chi connectivity index (χ1v) is 8.82. The lowest BCUT2D eigenvalue weighted by Crippen LogP contribution is -2.31. The molecule has 1 amide bonds. The summed E-state index contributed by atoms with van der Waals surface area (Å²) in [6.07, 6.45) is 0. The number of carbonyl (C=O) groups excluding carboxylic acids is 2. The van der Waals surface area contributed by atoms with Crippen LogP contribution in [0.1, 0.15) is 35.7 Å². The lowest BCUT2D eigenvalue weighted by atomic mass is 10.0. The number of hydrogen-bond acceptors (Lipinski definition) is 6. The number of nitro benzene ring substituents is 1. The summed E-state index contributed by atoms with van der Waals surface area (Å²) in [6, 6.07) is 13.5. The largest absolute Gasteiger partial charge is 0.487 e. The van der Waals surface area contributed by atoms with Crippen molar-refractivity contribution in [2.45, 2.75) is 19.8 Å². The monoisotopic (exact) mass is 386 g/mol. The molecule has 0 saturated carbocycles. The van der Waals surface area contributed by atoms with Gasteiger partial charge in [-0.1, -0.05) is 37.3 Å². The summed E-state index contributed by atoms with van der Waals surface area (Å²) in [5.41, 5.74) is 0.722. The summed E-state index contributed by atoms with van der Waals surface area (Å²) in [7, 11) is 0. The van der Waals surface area contributed by atoms with Crippen LogP contribution in [0, 0.1) is 10.1 Å². The van der Waals surface area contributed by atoms with E-state index in [4.69, 9.17) is 9.47 Å². The second-order valence-electron chi connectivity index (χ2n) is 6.06. The minimum Gasteiger partial charge on any atom is -0.487 e. The van der Waals surface area contributed by atoms with Gasteiger partial charge in [0.2, 0.25) is 0 Å². The summed E-state index contributed by atoms with van der Waals surface area (Å²) >= 11 is 0. The van der Waals surface area contributed by atoms with Crippen molar-refractivity contribution in [1.29, 1.82) is 0 Å². The third kappa shape index (κ3) is 5.80. The molecule has 2 aromatic carbocycles. The van der Waals surface area contributed by atoms with E-state index < -0.39 is 23.4 Å². The van der Waals surface area contributed by atoms with Gasteiger partial charge in [-0.15, -0.1) is 0 Å². The molecule has 1 atom stereocenters. The van der Waals surface area contributed by atoms with Crippen LogP contribution in [0.5, 0.6) is 5.75 Å². The maximum Gasteiger partial charge on any atom is 0.338 e. The minimum absolute atomic E-state index is 0.0272. The van der Waals surface area contributed by atoms with Gasteiger partial charge in [-0.05, 0) is 30.5 Å². The number of amides is 1. The van der Waals surface area contributed by atoms with Gasteiger partial charge in [0.05, 0.1) is 17.1 Å². The Hall–Kier alpha value is -3.42. The van der Waals surface area contributed by atoms with Crippen molar-refractivity contribution in [2.24, 2.45) is 0 Å². The maximum absolute atomic E-state index is 12.1. The number of esters is 1. The number of rotatable bonds is 9. The highest BCUT2D eigenvalue weighted by molar-refractivity contribution is 5.92. The maximum atomic E-state index is 12.1. The van der Waals surface area contributed by atoms with Crippen LogP contribution in [-0.4, -0.2) is 36.6 Å². The van der Waals surface area contributed by atoms with E-state index in [2.05, 4.69) is 5.32 Å². The fourth-order valence-corrected chi connectivity index (χ4v) is 2.50. The van der Waals surface area contributed by atoms with E-state index >= 15 is 0 Å². The molecule has 0 aliphatic carbocycles. The summed E-state index contributed by atoms with van der Waals surface area (Å²) < 4.78 is 10.1. The summed E-state index contributed by atoms with van der Waals surface area (Å²) in [5, 5.41) is 13.8. The Bertz CT molecular complexity index is 838. The number of ether oxygens (including phenoxy) is 2.